The molecule has 0 unspecified atom stereocenters. The van der Waals surface area contributed by atoms with Gasteiger partial charge in [0.25, 0.3) is 0 Å². The highest BCUT2D eigenvalue weighted by molar-refractivity contribution is 7.89. The number of carbonyl (C=O) groups excluding carboxylic acids is 1. The summed E-state index contributed by atoms with van der Waals surface area (Å²) in [5.41, 5.74) is 5.05. The number of sulfonamides is 1. The third-order valence-electron chi connectivity index (χ3n) is 2.33. The van der Waals surface area contributed by atoms with Gasteiger partial charge in [-0.2, -0.15) is 0 Å². The zero-order valence-electron chi connectivity index (χ0n) is 10.3. The molecule has 1 amide bonds. The van der Waals surface area contributed by atoms with Crippen LogP contribution in [0.2, 0.25) is 5.02 Å². The van der Waals surface area contributed by atoms with Crippen LogP contribution in [-0.2, 0) is 14.8 Å². The lowest BCUT2D eigenvalue weighted by Crippen LogP contribution is -2.25. The number of amides is 1. The highest BCUT2D eigenvalue weighted by Crippen LogP contribution is 2.18. The van der Waals surface area contributed by atoms with Crippen molar-refractivity contribution in [2.24, 2.45) is 5.73 Å². The Morgan fingerprint density at radius 1 is 1.30 bits per heavy atom. The molecule has 110 valence electrons. The minimum absolute atomic E-state index is 0.0246. The van der Waals surface area contributed by atoms with E-state index < -0.39 is 21.9 Å². The van der Waals surface area contributed by atoms with E-state index in [0.29, 0.717) is 0 Å². The molecule has 0 bridgehead atoms. The number of halogens is 1. The van der Waals surface area contributed by atoms with Gasteiger partial charge in [-0.05, 0) is 24.6 Å². The molecule has 0 saturated carbocycles. The van der Waals surface area contributed by atoms with Crippen molar-refractivity contribution >= 4 is 33.5 Å². The highest BCUT2D eigenvalue weighted by Gasteiger charge is 2.16. The van der Waals surface area contributed by atoms with Gasteiger partial charge in [-0.15, -0.1) is 0 Å². The Hall–Kier alpha value is -1.64. The summed E-state index contributed by atoms with van der Waals surface area (Å²) in [6, 6.07) is 3.54. The molecule has 0 atom stereocenters. The molecule has 9 heteroatoms. The van der Waals surface area contributed by atoms with Gasteiger partial charge < -0.3 is 10.8 Å². The summed E-state index contributed by atoms with van der Waals surface area (Å²) in [5, 5.41) is 8.51. The topological polar surface area (TPSA) is 127 Å². The molecule has 0 aliphatic heterocycles. The van der Waals surface area contributed by atoms with Crippen LogP contribution >= 0.6 is 11.6 Å². The van der Waals surface area contributed by atoms with Crippen molar-refractivity contribution in [3.63, 3.8) is 0 Å². The first-order valence-electron chi connectivity index (χ1n) is 5.54. The lowest BCUT2D eigenvalue weighted by Gasteiger charge is -2.08. The molecule has 0 radical (unpaired) electrons. The number of nitrogens with two attached hydrogens (primary N) is 1. The summed E-state index contributed by atoms with van der Waals surface area (Å²) >= 11 is 5.73. The van der Waals surface area contributed by atoms with Gasteiger partial charge in [0.15, 0.2) is 0 Å². The fourth-order valence-corrected chi connectivity index (χ4v) is 2.83. The van der Waals surface area contributed by atoms with E-state index in [1.165, 1.54) is 12.1 Å². The Kier molecular flexibility index (Phi) is 5.49. The number of carbonyl (C=O) groups is 2. The number of aliphatic carboxylic acids is 1. The molecule has 1 aromatic carbocycles. The summed E-state index contributed by atoms with van der Waals surface area (Å²) in [7, 11) is -3.87. The molecule has 0 spiro atoms. The Bertz CT molecular complexity index is 630. The van der Waals surface area contributed by atoms with E-state index >= 15 is 0 Å². The van der Waals surface area contributed by atoms with Gasteiger partial charge in [-0.25, -0.2) is 13.1 Å². The van der Waals surface area contributed by atoms with Crippen molar-refractivity contribution in [3.8, 4) is 0 Å². The molecule has 0 saturated heterocycles. The number of carboxylic acids is 1. The fourth-order valence-electron chi connectivity index (χ4n) is 1.39. The molecule has 4 N–H and O–H groups in total. The third kappa shape index (κ3) is 4.80. The average Bonchev–Trinajstić information content (AvgIpc) is 2.33. The fraction of sp³-hybridized carbons (Fsp3) is 0.273. The van der Waals surface area contributed by atoms with Gasteiger partial charge in [0.1, 0.15) is 0 Å². The second-order valence-corrected chi connectivity index (χ2v) is 6.14. The number of benzene rings is 1. The van der Waals surface area contributed by atoms with Crippen LogP contribution in [0.1, 0.15) is 23.2 Å². The van der Waals surface area contributed by atoms with Gasteiger partial charge in [-0.1, -0.05) is 11.6 Å². The molecule has 0 aromatic heterocycles. The first kappa shape index (κ1) is 16.4. The summed E-state index contributed by atoms with van der Waals surface area (Å²) in [5.74, 6) is -1.81. The van der Waals surface area contributed by atoms with E-state index in [1.807, 2.05) is 0 Å². The zero-order valence-corrected chi connectivity index (χ0v) is 11.9. The number of rotatable bonds is 7. The predicted molar refractivity (Wildman–Crippen MR) is 72.0 cm³/mol. The van der Waals surface area contributed by atoms with E-state index in [0.717, 1.165) is 6.07 Å². The highest BCUT2D eigenvalue weighted by atomic mass is 35.5. The normalized spacial score (nSPS) is 11.2. The Labute approximate surface area is 120 Å². The first-order chi connectivity index (χ1) is 9.22. The largest absolute Gasteiger partial charge is 0.481 e. The van der Waals surface area contributed by atoms with Gasteiger partial charge in [0.2, 0.25) is 15.9 Å². The molecule has 20 heavy (non-hydrogen) atoms. The zero-order chi connectivity index (χ0) is 15.3. The predicted octanol–water partition coefficient (Wildman–Crippen LogP) is 0.582. The van der Waals surface area contributed by atoms with Crippen molar-refractivity contribution < 1.29 is 23.1 Å². The number of primary amides is 1. The summed E-state index contributed by atoms with van der Waals surface area (Å²) in [6.07, 6.45) is 0.00239. The molecule has 0 aliphatic carbocycles. The van der Waals surface area contributed by atoms with Crippen LogP contribution in [0.15, 0.2) is 23.1 Å². The van der Waals surface area contributed by atoms with Crippen LogP contribution in [0, 0.1) is 0 Å². The van der Waals surface area contributed by atoms with Crippen LogP contribution in [0.3, 0.4) is 0 Å². The molecule has 0 fully saturated rings. The van der Waals surface area contributed by atoms with Crippen molar-refractivity contribution in [2.45, 2.75) is 17.7 Å². The maximum atomic E-state index is 11.9. The summed E-state index contributed by atoms with van der Waals surface area (Å²) in [6.45, 7) is -0.0347. The molecule has 0 heterocycles. The SMILES string of the molecule is NC(=O)c1cc(Cl)cc(S(=O)(=O)NCCCC(=O)O)c1. The average molecular weight is 321 g/mol. The van der Waals surface area contributed by atoms with E-state index in [2.05, 4.69) is 4.72 Å². The second kappa shape index (κ2) is 6.69. The maximum Gasteiger partial charge on any atom is 0.303 e. The molecule has 1 aromatic rings. The third-order valence-corrected chi connectivity index (χ3v) is 3.98. The molecule has 0 aliphatic rings. The van der Waals surface area contributed by atoms with Gasteiger partial charge >= 0.3 is 5.97 Å². The van der Waals surface area contributed by atoms with Crippen molar-refractivity contribution in [2.75, 3.05) is 6.54 Å². The van der Waals surface area contributed by atoms with E-state index in [-0.39, 0.29) is 34.9 Å². The number of nitrogens with one attached hydrogen (secondary N) is 1. The van der Waals surface area contributed by atoms with Crippen molar-refractivity contribution in [1.82, 2.24) is 4.72 Å². The molecular weight excluding hydrogens is 308 g/mol. The monoisotopic (exact) mass is 320 g/mol. The molecular formula is C11H13ClN2O5S. The smallest absolute Gasteiger partial charge is 0.303 e. The Morgan fingerprint density at radius 2 is 1.95 bits per heavy atom. The van der Waals surface area contributed by atoms with Crippen molar-refractivity contribution in [1.29, 1.82) is 0 Å². The second-order valence-electron chi connectivity index (χ2n) is 3.93. The van der Waals surface area contributed by atoms with Crippen LogP contribution < -0.4 is 10.5 Å². The van der Waals surface area contributed by atoms with Gasteiger partial charge in [0, 0.05) is 23.6 Å². The van der Waals surface area contributed by atoms with Crippen LogP contribution in [0.4, 0.5) is 0 Å². The molecule has 7 nitrogen and oxygen atoms in total. The minimum atomic E-state index is -3.87. The van der Waals surface area contributed by atoms with Crippen LogP contribution in [0.25, 0.3) is 0 Å². The summed E-state index contributed by atoms with van der Waals surface area (Å²) < 4.78 is 26.1. The number of hydrogen-bond donors (Lipinski definition) is 3. The molecule has 1 rings (SSSR count). The van der Waals surface area contributed by atoms with Gasteiger partial charge in [-0.3, -0.25) is 9.59 Å². The van der Waals surface area contributed by atoms with E-state index in [4.69, 9.17) is 22.4 Å². The lowest BCUT2D eigenvalue weighted by atomic mass is 10.2. The van der Waals surface area contributed by atoms with E-state index in [1.54, 1.807) is 0 Å². The van der Waals surface area contributed by atoms with E-state index in [9.17, 15) is 18.0 Å². The van der Waals surface area contributed by atoms with Crippen molar-refractivity contribution in [3.05, 3.63) is 28.8 Å². The Morgan fingerprint density at radius 3 is 2.50 bits per heavy atom. The Balaban J connectivity index is 2.87. The summed E-state index contributed by atoms with van der Waals surface area (Å²) in [4.78, 5) is 21.2. The van der Waals surface area contributed by atoms with Gasteiger partial charge in [0.05, 0.1) is 4.90 Å². The quantitative estimate of drug-likeness (QED) is 0.633. The first-order valence-corrected chi connectivity index (χ1v) is 7.40. The minimum Gasteiger partial charge on any atom is -0.481 e. The maximum absolute atomic E-state index is 11.9. The van der Waals surface area contributed by atoms with Crippen LogP contribution in [-0.4, -0.2) is 31.9 Å². The number of carboxylic acid groups (broad SMARTS) is 1. The standard InChI is InChI=1S/C11H13ClN2O5S/c12-8-4-7(11(13)17)5-9(6-8)20(18,19)14-3-1-2-10(15)16/h4-6,14H,1-3H2,(H2,13,17)(H,15,16). The van der Waals surface area contributed by atoms with Crippen LogP contribution in [0.5, 0.6) is 0 Å². The number of hydrogen-bond acceptors (Lipinski definition) is 4. The lowest BCUT2D eigenvalue weighted by molar-refractivity contribution is -0.137.